The molecule has 0 aromatic heterocycles. The smallest absolute Gasteiger partial charge is 0.326 e. The van der Waals surface area contributed by atoms with Gasteiger partial charge in [-0.15, -0.1) is 0 Å². The number of aliphatic carboxylic acids is 1. The maximum Gasteiger partial charge on any atom is 0.326 e. The highest BCUT2D eigenvalue weighted by atomic mass is 16.4. The van der Waals surface area contributed by atoms with Crippen molar-refractivity contribution >= 4 is 11.9 Å². The average Bonchev–Trinajstić information content (AvgIpc) is 2.63. The van der Waals surface area contributed by atoms with Crippen LogP contribution in [0.2, 0.25) is 0 Å². The second kappa shape index (κ2) is 4.61. The first-order valence-electron chi connectivity index (χ1n) is 5.24. The molecule has 1 unspecified atom stereocenters. The molecule has 3 N–H and O–H groups in total. The summed E-state index contributed by atoms with van der Waals surface area (Å²) in [5, 5.41) is 8.92. The molecule has 0 bridgehead atoms. The molecule has 0 saturated carbocycles. The predicted octanol–water partition coefficient (Wildman–Crippen LogP) is 0.0453. The number of carboxylic acid groups (broad SMARTS) is 1. The van der Waals surface area contributed by atoms with Crippen molar-refractivity contribution in [1.29, 1.82) is 0 Å². The lowest BCUT2D eigenvalue weighted by molar-refractivity contribution is -0.149. The monoisotopic (exact) mass is 214 g/mol. The Morgan fingerprint density at radius 3 is 2.53 bits per heavy atom. The molecule has 5 heteroatoms. The third-order valence-electron chi connectivity index (χ3n) is 2.82. The van der Waals surface area contributed by atoms with Crippen LogP contribution in [0.3, 0.4) is 0 Å². The Morgan fingerprint density at radius 1 is 1.47 bits per heavy atom. The van der Waals surface area contributed by atoms with Gasteiger partial charge in [-0.2, -0.15) is 0 Å². The molecular weight excluding hydrogens is 196 g/mol. The number of nitrogens with zero attached hydrogens (tertiary/aromatic N) is 1. The molecule has 0 spiro atoms. The SMILES string of the molecule is CC(C)C(N)C(=O)N1CCC[C@@H]1C(=O)O. The van der Waals surface area contributed by atoms with Crippen molar-refractivity contribution in [2.45, 2.75) is 38.8 Å². The van der Waals surface area contributed by atoms with Gasteiger partial charge in [0.05, 0.1) is 6.04 Å². The van der Waals surface area contributed by atoms with Gasteiger partial charge in [0, 0.05) is 6.54 Å². The molecule has 1 heterocycles. The largest absolute Gasteiger partial charge is 0.480 e. The minimum atomic E-state index is -0.934. The number of amides is 1. The average molecular weight is 214 g/mol. The van der Waals surface area contributed by atoms with E-state index in [-0.39, 0.29) is 11.8 Å². The number of hydrogen-bond donors (Lipinski definition) is 2. The fraction of sp³-hybridized carbons (Fsp3) is 0.800. The molecule has 0 aliphatic carbocycles. The van der Waals surface area contributed by atoms with Gasteiger partial charge in [-0.3, -0.25) is 4.79 Å². The zero-order valence-corrected chi connectivity index (χ0v) is 9.14. The number of carbonyl (C=O) groups is 2. The van der Waals surface area contributed by atoms with Crippen LogP contribution in [-0.2, 0) is 9.59 Å². The Morgan fingerprint density at radius 2 is 2.07 bits per heavy atom. The first kappa shape index (κ1) is 12.0. The molecule has 1 aliphatic rings. The lowest BCUT2D eigenvalue weighted by atomic mass is 10.0. The molecule has 0 aromatic rings. The van der Waals surface area contributed by atoms with Gasteiger partial charge in [0.1, 0.15) is 6.04 Å². The van der Waals surface area contributed by atoms with Gasteiger partial charge in [0.2, 0.25) is 5.91 Å². The standard InChI is InChI=1S/C10H18N2O3/c1-6(2)8(11)9(13)12-5-3-4-7(12)10(14)15/h6-8H,3-5,11H2,1-2H3,(H,14,15)/t7-,8?/m1/s1. The van der Waals surface area contributed by atoms with E-state index in [9.17, 15) is 9.59 Å². The van der Waals surface area contributed by atoms with Crippen LogP contribution >= 0.6 is 0 Å². The second-order valence-electron chi connectivity index (χ2n) is 4.30. The molecule has 5 nitrogen and oxygen atoms in total. The maximum atomic E-state index is 11.8. The van der Waals surface area contributed by atoms with E-state index < -0.39 is 18.1 Å². The van der Waals surface area contributed by atoms with E-state index in [0.29, 0.717) is 13.0 Å². The molecule has 1 fully saturated rings. The van der Waals surface area contributed by atoms with Crippen molar-refractivity contribution in [3.63, 3.8) is 0 Å². The summed E-state index contributed by atoms with van der Waals surface area (Å²) in [5.74, 6) is -1.14. The normalized spacial score (nSPS) is 23.2. The van der Waals surface area contributed by atoms with Crippen LogP contribution in [-0.4, -0.2) is 40.5 Å². The van der Waals surface area contributed by atoms with Gasteiger partial charge < -0.3 is 15.7 Å². The fourth-order valence-electron chi connectivity index (χ4n) is 1.76. The molecule has 0 aromatic carbocycles. The van der Waals surface area contributed by atoms with E-state index in [1.54, 1.807) is 0 Å². The van der Waals surface area contributed by atoms with Crippen LogP contribution in [0.15, 0.2) is 0 Å². The summed E-state index contributed by atoms with van der Waals surface area (Å²) in [6, 6.07) is -1.27. The van der Waals surface area contributed by atoms with Crippen LogP contribution in [0.1, 0.15) is 26.7 Å². The first-order valence-corrected chi connectivity index (χ1v) is 5.24. The number of carbonyl (C=O) groups excluding carboxylic acids is 1. The van der Waals surface area contributed by atoms with E-state index in [2.05, 4.69) is 0 Å². The molecule has 86 valence electrons. The zero-order chi connectivity index (χ0) is 11.6. The highest BCUT2D eigenvalue weighted by Crippen LogP contribution is 2.19. The van der Waals surface area contributed by atoms with E-state index in [0.717, 1.165) is 6.42 Å². The van der Waals surface area contributed by atoms with Crippen molar-refractivity contribution < 1.29 is 14.7 Å². The van der Waals surface area contributed by atoms with E-state index in [4.69, 9.17) is 10.8 Å². The summed E-state index contributed by atoms with van der Waals surface area (Å²) in [5.41, 5.74) is 5.72. The van der Waals surface area contributed by atoms with Gasteiger partial charge in [0.15, 0.2) is 0 Å². The predicted molar refractivity (Wildman–Crippen MR) is 55.2 cm³/mol. The Kier molecular flexibility index (Phi) is 3.68. The topological polar surface area (TPSA) is 83.6 Å². The zero-order valence-electron chi connectivity index (χ0n) is 9.14. The number of rotatable bonds is 3. The number of likely N-dealkylation sites (tertiary alicyclic amines) is 1. The number of nitrogens with two attached hydrogens (primary N) is 1. The number of hydrogen-bond acceptors (Lipinski definition) is 3. The highest BCUT2D eigenvalue weighted by molar-refractivity contribution is 5.87. The van der Waals surface area contributed by atoms with E-state index in [1.807, 2.05) is 13.8 Å². The summed E-state index contributed by atoms with van der Waals surface area (Å²) < 4.78 is 0. The highest BCUT2D eigenvalue weighted by Gasteiger charge is 2.36. The molecule has 1 amide bonds. The van der Waals surface area contributed by atoms with Crippen molar-refractivity contribution in [3.05, 3.63) is 0 Å². The summed E-state index contributed by atoms with van der Waals surface area (Å²) in [7, 11) is 0. The first-order chi connectivity index (χ1) is 6.95. The molecule has 2 atom stereocenters. The summed E-state index contributed by atoms with van der Waals surface area (Å²) in [6.45, 7) is 4.22. The van der Waals surface area contributed by atoms with Crippen LogP contribution in [0.5, 0.6) is 0 Å². The third-order valence-corrected chi connectivity index (χ3v) is 2.82. The van der Waals surface area contributed by atoms with Gasteiger partial charge in [0.25, 0.3) is 0 Å². The maximum absolute atomic E-state index is 11.8. The van der Waals surface area contributed by atoms with Crippen LogP contribution in [0, 0.1) is 5.92 Å². The van der Waals surface area contributed by atoms with Gasteiger partial charge in [-0.05, 0) is 18.8 Å². The van der Waals surface area contributed by atoms with E-state index in [1.165, 1.54) is 4.90 Å². The van der Waals surface area contributed by atoms with Crippen molar-refractivity contribution in [3.8, 4) is 0 Å². The van der Waals surface area contributed by atoms with Crippen LogP contribution in [0.4, 0.5) is 0 Å². The van der Waals surface area contributed by atoms with E-state index >= 15 is 0 Å². The summed E-state index contributed by atoms with van der Waals surface area (Å²) in [6.07, 6.45) is 1.28. The second-order valence-corrected chi connectivity index (χ2v) is 4.30. The third kappa shape index (κ3) is 2.47. The van der Waals surface area contributed by atoms with Crippen molar-refractivity contribution in [2.75, 3.05) is 6.54 Å². The van der Waals surface area contributed by atoms with Crippen molar-refractivity contribution in [1.82, 2.24) is 4.90 Å². The lowest BCUT2D eigenvalue weighted by Gasteiger charge is -2.26. The molecule has 1 aliphatic heterocycles. The molecule has 15 heavy (non-hydrogen) atoms. The molecule has 1 rings (SSSR count). The molecule has 1 saturated heterocycles. The Hall–Kier alpha value is -1.10. The van der Waals surface area contributed by atoms with Crippen LogP contribution in [0.25, 0.3) is 0 Å². The minimum absolute atomic E-state index is 0.0348. The Labute approximate surface area is 89.2 Å². The van der Waals surface area contributed by atoms with Gasteiger partial charge in [-0.1, -0.05) is 13.8 Å². The Bertz CT molecular complexity index is 265. The Balaban J connectivity index is 2.70. The molecular formula is C10H18N2O3. The summed E-state index contributed by atoms with van der Waals surface area (Å²) in [4.78, 5) is 24.1. The quantitative estimate of drug-likeness (QED) is 0.695. The molecule has 0 radical (unpaired) electrons. The van der Waals surface area contributed by atoms with Gasteiger partial charge in [-0.25, -0.2) is 4.79 Å². The van der Waals surface area contributed by atoms with Crippen molar-refractivity contribution in [2.24, 2.45) is 11.7 Å². The van der Waals surface area contributed by atoms with Gasteiger partial charge >= 0.3 is 5.97 Å². The number of carboxylic acids is 1. The summed E-state index contributed by atoms with van der Waals surface area (Å²) >= 11 is 0. The van der Waals surface area contributed by atoms with Crippen LogP contribution < -0.4 is 5.73 Å². The lowest BCUT2D eigenvalue weighted by Crippen LogP contribution is -2.50. The fourth-order valence-corrected chi connectivity index (χ4v) is 1.76. The minimum Gasteiger partial charge on any atom is -0.480 e.